The lowest BCUT2D eigenvalue weighted by Gasteiger charge is -2.27. The van der Waals surface area contributed by atoms with E-state index in [-0.39, 0.29) is 0 Å². The van der Waals surface area contributed by atoms with Crippen LogP contribution in [-0.2, 0) is 6.42 Å². The number of rotatable bonds is 6. The van der Waals surface area contributed by atoms with Crippen molar-refractivity contribution in [2.45, 2.75) is 70.5 Å². The Morgan fingerprint density at radius 1 is 1.12 bits per heavy atom. The van der Waals surface area contributed by atoms with Gasteiger partial charge in [0.2, 0.25) is 0 Å². The van der Waals surface area contributed by atoms with E-state index in [1.165, 1.54) is 68.0 Å². The summed E-state index contributed by atoms with van der Waals surface area (Å²) in [6.07, 6.45) is 13.6. The molecular weight excluding hydrogens is 334 g/mol. The Balaban J connectivity index is 1.45. The average molecular weight is 368 g/mol. The Morgan fingerprint density at radius 3 is 2.69 bits per heavy atom. The molecule has 1 aliphatic carbocycles. The van der Waals surface area contributed by atoms with E-state index in [0.717, 1.165) is 23.0 Å². The summed E-state index contributed by atoms with van der Waals surface area (Å²) in [7, 11) is 0. The quantitative estimate of drug-likeness (QED) is 0.564. The Kier molecular flexibility index (Phi) is 5.78. The number of hydrogen-bond acceptors (Lipinski definition) is 1. The van der Waals surface area contributed by atoms with E-state index in [2.05, 4.69) is 67.0 Å². The number of allylic oxidation sites excluding steroid dienone is 2. The molecule has 1 aromatic carbocycles. The van der Waals surface area contributed by atoms with Crippen molar-refractivity contribution < 1.29 is 0 Å². The van der Waals surface area contributed by atoms with Gasteiger partial charge in [0.15, 0.2) is 0 Å². The van der Waals surface area contributed by atoms with Gasteiger partial charge in [-0.05, 0) is 72.3 Å². The predicted molar refractivity (Wildman–Crippen MR) is 116 cm³/mol. The van der Waals surface area contributed by atoms with Gasteiger partial charge in [0.05, 0.1) is 0 Å². The van der Waals surface area contributed by atoms with Crippen LogP contribution in [0, 0.1) is 17.8 Å². The van der Waals surface area contributed by atoms with E-state index >= 15 is 0 Å². The second-order valence-electron chi connectivity index (χ2n) is 8.81. The molecule has 1 nitrogen and oxygen atoms in total. The monoisotopic (exact) mass is 367 g/mol. The molecule has 1 aromatic heterocycles. The van der Waals surface area contributed by atoms with Crippen LogP contribution in [0.2, 0.25) is 0 Å². The average Bonchev–Trinajstić information content (AvgIpc) is 3.28. The van der Waals surface area contributed by atoms with Crippen LogP contribution in [0.1, 0.15) is 64.5 Å². The third-order valence-corrected chi connectivity index (χ3v) is 7.87. The van der Waals surface area contributed by atoms with Gasteiger partial charge in [-0.25, -0.2) is 0 Å². The molecule has 1 fully saturated rings. The second kappa shape index (κ2) is 8.25. The van der Waals surface area contributed by atoms with Crippen molar-refractivity contribution in [3.63, 3.8) is 0 Å². The number of H-pyrrole nitrogens is 1. The second-order valence-corrected chi connectivity index (χ2v) is 10.1. The first-order chi connectivity index (χ1) is 12.7. The zero-order chi connectivity index (χ0) is 17.9. The van der Waals surface area contributed by atoms with Crippen molar-refractivity contribution in [1.29, 1.82) is 0 Å². The molecule has 0 bridgehead atoms. The van der Waals surface area contributed by atoms with Gasteiger partial charge in [-0.15, -0.1) is 11.8 Å². The summed E-state index contributed by atoms with van der Waals surface area (Å²) in [5.74, 6) is 2.42. The highest BCUT2D eigenvalue weighted by Crippen LogP contribution is 2.46. The maximum Gasteiger partial charge on any atom is 0.0456 e. The van der Waals surface area contributed by atoms with Crippen molar-refractivity contribution in [3.8, 4) is 0 Å². The first-order valence-corrected chi connectivity index (χ1v) is 11.5. The number of aromatic amines is 1. The molecule has 0 saturated heterocycles. The Bertz CT molecular complexity index is 717. The van der Waals surface area contributed by atoms with Gasteiger partial charge >= 0.3 is 0 Å². The summed E-state index contributed by atoms with van der Waals surface area (Å²) >= 11 is 2.24. The van der Waals surface area contributed by atoms with E-state index in [1.807, 2.05) is 0 Å². The summed E-state index contributed by atoms with van der Waals surface area (Å²) in [4.78, 5) is 5.41. The summed E-state index contributed by atoms with van der Waals surface area (Å²) in [6.45, 7) is 4.76. The Hall–Kier alpha value is -1.15. The van der Waals surface area contributed by atoms with Gasteiger partial charge in [0, 0.05) is 16.5 Å². The Morgan fingerprint density at radius 2 is 1.92 bits per heavy atom. The van der Waals surface area contributed by atoms with Crippen LogP contribution < -0.4 is 0 Å². The van der Waals surface area contributed by atoms with Crippen LogP contribution in [0.15, 0.2) is 41.3 Å². The minimum Gasteiger partial charge on any atom is -0.358 e. The predicted octanol–water partition coefficient (Wildman–Crippen LogP) is 7.34. The lowest BCUT2D eigenvalue weighted by molar-refractivity contribution is 0.395. The van der Waals surface area contributed by atoms with Gasteiger partial charge < -0.3 is 4.98 Å². The minimum atomic E-state index is 0.767. The molecule has 140 valence electrons. The molecule has 1 aliphatic heterocycles. The number of nitrogens with one attached hydrogen (secondary N) is 1. The normalized spacial score (nSPS) is 22.9. The third kappa shape index (κ3) is 4.22. The number of para-hydroxylation sites is 1. The molecule has 26 heavy (non-hydrogen) atoms. The van der Waals surface area contributed by atoms with Crippen LogP contribution in [-0.4, -0.2) is 10.2 Å². The van der Waals surface area contributed by atoms with Gasteiger partial charge in [-0.2, -0.15) is 0 Å². The molecule has 1 saturated carbocycles. The fourth-order valence-corrected chi connectivity index (χ4v) is 6.50. The molecule has 0 spiro atoms. The van der Waals surface area contributed by atoms with Gasteiger partial charge in [0.25, 0.3) is 0 Å². The zero-order valence-electron chi connectivity index (χ0n) is 16.3. The number of fused-ring (bicyclic) bond motifs is 1. The lowest BCUT2D eigenvalue weighted by atomic mass is 9.87. The van der Waals surface area contributed by atoms with Gasteiger partial charge in [0.1, 0.15) is 0 Å². The fraction of sp³-hybridized carbons (Fsp3) is 0.583. The molecule has 2 unspecified atom stereocenters. The first kappa shape index (κ1) is 18.2. The van der Waals surface area contributed by atoms with Crippen molar-refractivity contribution in [1.82, 2.24) is 4.98 Å². The van der Waals surface area contributed by atoms with Crippen LogP contribution in [0.4, 0.5) is 0 Å². The zero-order valence-corrected chi connectivity index (χ0v) is 17.2. The molecule has 2 heteroatoms. The molecule has 2 atom stereocenters. The first-order valence-electron chi connectivity index (χ1n) is 10.6. The number of hydrogen-bond donors (Lipinski definition) is 1. The molecule has 2 heterocycles. The highest BCUT2D eigenvalue weighted by Gasteiger charge is 2.31. The summed E-state index contributed by atoms with van der Waals surface area (Å²) in [5, 5.41) is 2.13. The van der Waals surface area contributed by atoms with E-state index < -0.39 is 0 Å². The van der Waals surface area contributed by atoms with Gasteiger partial charge in [-0.3, -0.25) is 0 Å². The lowest BCUT2D eigenvalue weighted by Crippen LogP contribution is -2.20. The summed E-state index contributed by atoms with van der Waals surface area (Å²) in [5.41, 5.74) is 2.70. The Labute approximate surface area is 163 Å². The minimum absolute atomic E-state index is 0.767. The molecule has 2 aliphatic rings. The molecule has 4 rings (SSSR count). The molecule has 0 radical (unpaired) electrons. The number of aromatic nitrogens is 1. The standard InChI is InChI=1S/C24H33NS/c1-17(2)14-20(16-21-15-19-10-6-7-11-22(19)25-21)24-13-12-23(26-24)18-8-4-3-5-9-18/h6-7,10-12,15,17-18,20,24-25H,3-5,8-9,13-14,16H2,1-2H3. The fourth-order valence-electron chi connectivity index (χ4n) is 4.94. The third-order valence-electron chi connectivity index (χ3n) is 6.21. The smallest absolute Gasteiger partial charge is 0.0456 e. The molecule has 1 N–H and O–H groups in total. The summed E-state index contributed by atoms with van der Waals surface area (Å²) < 4.78 is 0. The van der Waals surface area contributed by atoms with E-state index in [1.54, 1.807) is 4.91 Å². The van der Waals surface area contributed by atoms with E-state index in [9.17, 15) is 0 Å². The van der Waals surface area contributed by atoms with Crippen molar-refractivity contribution in [2.24, 2.45) is 17.8 Å². The van der Waals surface area contributed by atoms with Crippen LogP contribution in [0.3, 0.4) is 0 Å². The van der Waals surface area contributed by atoms with Gasteiger partial charge in [-0.1, -0.05) is 57.4 Å². The molecular formula is C24H33NS. The van der Waals surface area contributed by atoms with Crippen molar-refractivity contribution in [2.75, 3.05) is 0 Å². The van der Waals surface area contributed by atoms with Crippen LogP contribution in [0.5, 0.6) is 0 Å². The summed E-state index contributed by atoms with van der Waals surface area (Å²) in [6, 6.07) is 11.1. The number of benzene rings is 1. The highest BCUT2D eigenvalue weighted by molar-refractivity contribution is 8.03. The molecule has 0 amide bonds. The van der Waals surface area contributed by atoms with Crippen LogP contribution >= 0.6 is 11.8 Å². The SMILES string of the molecule is CC(C)CC(Cc1cc2ccccc2[nH]1)C1CC=C(C2CCCCC2)S1. The maximum atomic E-state index is 3.67. The highest BCUT2D eigenvalue weighted by atomic mass is 32.2. The van der Waals surface area contributed by atoms with E-state index in [0.29, 0.717) is 0 Å². The maximum absolute atomic E-state index is 3.67. The topological polar surface area (TPSA) is 15.8 Å². The van der Waals surface area contributed by atoms with Crippen LogP contribution in [0.25, 0.3) is 10.9 Å². The largest absolute Gasteiger partial charge is 0.358 e. The van der Waals surface area contributed by atoms with Crippen molar-refractivity contribution >= 4 is 22.7 Å². The van der Waals surface area contributed by atoms with Crippen molar-refractivity contribution in [3.05, 3.63) is 47.0 Å². The number of thioether (sulfide) groups is 1. The van der Waals surface area contributed by atoms with E-state index in [4.69, 9.17) is 0 Å². The molecule has 2 aromatic rings.